The Hall–Kier alpha value is -2.03. The maximum Gasteiger partial charge on any atom is 0.322 e. The molecule has 18 heavy (non-hydrogen) atoms. The van der Waals surface area contributed by atoms with E-state index in [0.717, 1.165) is 0 Å². The maximum absolute atomic E-state index is 11.5. The monoisotopic (exact) mass is 254 g/mol. The van der Waals surface area contributed by atoms with Crippen LogP contribution in [0.3, 0.4) is 0 Å². The molecule has 3 amide bonds. The molecule has 6 nitrogen and oxygen atoms in total. The average molecular weight is 254 g/mol. The lowest BCUT2D eigenvalue weighted by molar-refractivity contribution is -0.139. The fourth-order valence-corrected chi connectivity index (χ4v) is 1.35. The Kier molecular flexibility index (Phi) is 5.89. The number of urea groups is 1. The minimum Gasteiger partial charge on any atom is -0.481 e. The molecule has 0 aromatic carbocycles. The van der Waals surface area contributed by atoms with Gasteiger partial charge in [0.25, 0.3) is 0 Å². The molecule has 100 valence electrons. The van der Waals surface area contributed by atoms with Gasteiger partial charge in [0, 0.05) is 6.42 Å². The lowest BCUT2D eigenvalue weighted by Crippen LogP contribution is -2.44. The van der Waals surface area contributed by atoms with Crippen LogP contribution in [0.4, 0.5) is 4.79 Å². The molecule has 0 spiro atoms. The second-order valence-corrected chi connectivity index (χ2v) is 4.82. The molecule has 1 atom stereocenters. The van der Waals surface area contributed by atoms with E-state index < -0.39 is 29.4 Å². The summed E-state index contributed by atoms with van der Waals surface area (Å²) in [7, 11) is 0. The third-order valence-corrected chi connectivity index (χ3v) is 2.12. The molecular formula is C12H18N2O4. The minimum atomic E-state index is -0.988. The Morgan fingerprint density at radius 3 is 2.33 bits per heavy atom. The van der Waals surface area contributed by atoms with Gasteiger partial charge in [-0.15, -0.1) is 6.42 Å². The van der Waals surface area contributed by atoms with Crippen molar-refractivity contribution in [1.29, 1.82) is 0 Å². The van der Waals surface area contributed by atoms with E-state index >= 15 is 0 Å². The van der Waals surface area contributed by atoms with Crippen LogP contribution in [0.2, 0.25) is 0 Å². The number of nitrogens with one attached hydrogen (secondary N) is 2. The Labute approximate surface area is 106 Å². The molecule has 0 aromatic rings. The van der Waals surface area contributed by atoms with Gasteiger partial charge in [0.05, 0.1) is 12.5 Å². The van der Waals surface area contributed by atoms with Crippen molar-refractivity contribution in [3.05, 3.63) is 0 Å². The van der Waals surface area contributed by atoms with Crippen LogP contribution in [0.15, 0.2) is 0 Å². The highest BCUT2D eigenvalue weighted by Crippen LogP contribution is 2.24. The summed E-state index contributed by atoms with van der Waals surface area (Å²) in [5.74, 6) is 0.756. The number of carboxylic acid groups (broad SMARTS) is 1. The van der Waals surface area contributed by atoms with Gasteiger partial charge in [-0.25, -0.2) is 4.79 Å². The fraction of sp³-hybridized carbons (Fsp3) is 0.583. The van der Waals surface area contributed by atoms with E-state index in [1.54, 1.807) is 20.8 Å². The number of rotatable bonds is 5. The van der Waals surface area contributed by atoms with Crippen molar-refractivity contribution in [1.82, 2.24) is 10.6 Å². The summed E-state index contributed by atoms with van der Waals surface area (Å²) < 4.78 is 0. The Morgan fingerprint density at radius 1 is 1.33 bits per heavy atom. The van der Waals surface area contributed by atoms with Crippen LogP contribution in [0, 0.1) is 17.8 Å². The van der Waals surface area contributed by atoms with Gasteiger partial charge < -0.3 is 10.4 Å². The molecule has 0 aliphatic carbocycles. The van der Waals surface area contributed by atoms with Gasteiger partial charge in [0.1, 0.15) is 0 Å². The molecule has 6 heteroatoms. The van der Waals surface area contributed by atoms with Gasteiger partial charge in [-0.1, -0.05) is 19.8 Å². The Balaban J connectivity index is 4.23. The van der Waals surface area contributed by atoms with Crippen molar-refractivity contribution in [3.63, 3.8) is 0 Å². The van der Waals surface area contributed by atoms with Crippen LogP contribution in [0.5, 0.6) is 0 Å². The second-order valence-electron chi connectivity index (χ2n) is 4.82. The van der Waals surface area contributed by atoms with Gasteiger partial charge >= 0.3 is 12.0 Å². The van der Waals surface area contributed by atoms with Gasteiger partial charge in [-0.3, -0.25) is 14.9 Å². The number of hydrogen-bond acceptors (Lipinski definition) is 3. The first kappa shape index (κ1) is 16.0. The number of imide groups is 1. The minimum absolute atomic E-state index is 0.0584. The molecule has 1 unspecified atom stereocenters. The molecule has 0 radical (unpaired) electrons. The second kappa shape index (κ2) is 6.64. The number of carbonyl (C=O) groups is 3. The van der Waals surface area contributed by atoms with Crippen LogP contribution >= 0.6 is 0 Å². The first-order chi connectivity index (χ1) is 8.16. The van der Waals surface area contributed by atoms with Crippen LogP contribution in [-0.4, -0.2) is 29.1 Å². The van der Waals surface area contributed by atoms with Crippen molar-refractivity contribution < 1.29 is 19.5 Å². The van der Waals surface area contributed by atoms with Crippen LogP contribution in [-0.2, 0) is 9.59 Å². The molecular weight excluding hydrogens is 236 g/mol. The zero-order valence-corrected chi connectivity index (χ0v) is 10.7. The maximum atomic E-state index is 11.5. The number of carbonyl (C=O) groups excluding carboxylic acids is 2. The largest absolute Gasteiger partial charge is 0.481 e. The molecule has 0 bridgehead atoms. The highest BCUT2D eigenvalue weighted by Gasteiger charge is 2.26. The molecule has 0 saturated heterocycles. The van der Waals surface area contributed by atoms with E-state index in [0.29, 0.717) is 0 Å². The summed E-state index contributed by atoms with van der Waals surface area (Å²) in [6, 6.07) is -1.17. The molecule has 3 N–H and O–H groups in total. The SMILES string of the molecule is C#CC(C)NC(=O)NC(=O)CC(C)(C)CC(=O)O. The summed E-state index contributed by atoms with van der Waals surface area (Å²) in [6.45, 7) is 4.88. The number of carboxylic acids is 1. The molecule has 0 fully saturated rings. The molecule has 0 aliphatic heterocycles. The van der Waals surface area contributed by atoms with E-state index in [-0.39, 0.29) is 12.8 Å². The summed E-state index contributed by atoms with van der Waals surface area (Å²) in [5, 5.41) is 13.1. The highest BCUT2D eigenvalue weighted by atomic mass is 16.4. The highest BCUT2D eigenvalue weighted by molar-refractivity contribution is 5.94. The smallest absolute Gasteiger partial charge is 0.322 e. The van der Waals surface area contributed by atoms with Crippen molar-refractivity contribution >= 4 is 17.9 Å². The quantitative estimate of drug-likeness (QED) is 0.630. The Bertz CT molecular complexity index is 382. The lowest BCUT2D eigenvalue weighted by atomic mass is 9.85. The van der Waals surface area contributed by atoms with E-state index in [1.165, 1.54) is 0 Å². The zero-order chi connectivity index (χ0) is 14.3. The lowest BCUT2D eigenvalue weighted by Gasteiger charge is -2.21. The van der Waals surface area contributed by atoms with Crippen LogP contribution in [0.1, 0.15) is 33.6 Å². The van der Waals surface area contributed by atoms with Gasteiger partial charge in [-0.2, -0.15) is 0 Å². The average Bonchev–Trinajstić information content (AvgIpc) is 2.13. The summed E-state index contributed by atoms with van der Waals surface area (Å²) in [6.07, 6.45) is 4.86. The van der Waals surface area contributed by atoms with E-state index in [9.17, 15) is 14.4 Å². The van der Waals surface area contributed by atoms with Crippen molar-refractivity contribution in [2.45, 2.75) is 39.7 Å². The predicted octanol–water partition coefficient (Wildman–Crippen LogP) is 0.725. The third kappa shape index (κ3) is 7.28. The molecule has 0 aromatic heterocycles. The first-order valence-corrected chi connectivity index (χ1v) is 5.44. The van der Waals surface area contributed by atoms with E-state index in [4.69, 9.17) is 11.5 Å². The number of amides is 3. The summed E-state index contributed by atoms with van der Waals surface area (Å²) >= 11 is 0. The summed E-state index contributed by atoms with van der Waals surface area (Å²) in [4.78, 5) is 33.3. The van der Waals surface area contributed by atoms with Gasteiger partial charge in [0.15, 0.2) is 0 Å². The topological polar surface area (TPSA) is 95.5 Å². The standard InChI is InChI=1S/C12H18N2O4/c1-5-8(2)13-11(18)14-9(15)6-12(3,4)7-10(16)17/h1,8H,6-7H2,2-4H3,(H,16,17)(H2,13,14,15,18). The fourth-order valence-electron chi connectivity index (χ4n) is 1.35. The first-order valence-electron chi connectivity index (χ1n) is 5.44. The van der Waals surface area contributed by atoms with Crippen molar-refractivity contribution in [3.8, 4) is 12.3 Å². The van der Waals surface area contributed by atoms with Crippen LogP contribution in [0.25, 0.3) is 0 Å². The molecule has 0 heterocycles. The number of hydrogen-bond donors (Lipinski definition) is 3. The molecule has 0 rings (SSSR count). The Morgan fingerprint density at radius 2 is 1.89 bits per heavy atom. The van der Waals surface area contributed by atoms with Gasteiger partial charge in [0.2, 0.25) is 5.91 Å². The third-order valence-electron chi connectivity index (χ3n) is 2.12. The zero-order valence-electron chi connectivity index (χ0n) is 10.7. The summed E-state index contributed by atoms with van der Waals surface area (Å²) in [5.41, 5.74) is -0.714. The van der Waals surface area contributed by atoms with Crippen molar-refractivity contribution in [2.75, 3.05) is 0 Å². The van der Waals surface area contributed by atoms with E-state index in [1.807, 2.05) is 0 Å². The van der Waals surface area contributed by atoms with E-state index in [2.05, 4.69) is 16.6 Å². The molecule has 0 aliphatic rings. The van der Waals surface area contributed by atoms with Crippen molar-refractivity contribution in [2.24, 2.45) is 5.41 Å². The number of aliphatic carboxylic acids is 1. The molecule has 0 saturated carbocycles. The van der Waals surface area contributed by atoms with Gasteiger partial charge in [-0.05, 0) is 12.3 Å². The number of terminal acetylenes is 1. The normalized spacial score (nSPS) is 12.1. The van der Waals surface area contributed by atoms with Crippen LogP contribution < -0.4 is 10.6 Å². The predicted molar refractivity (Wildman–Crippen MR) is 65.6 cm³/mol.